The van der Waals surface area contributed by atoms with Crippen molar-refractivity contribution >= 4 is 11.9 Å². The molecule has 6 nitrogen and oxygen atoms in total. The van der Waals surface area contributed by atoms with Gasteiger partial charge in [0.05, 0.1) is 18.6 Å². The van der Waals surface area contributed by atoms with E-state index in [0.717, 1.165) is 12.8 Å². The minimum absolute atomic E-state index is 0.122. The lowest BCUT2D eigenvalue weighted by Gasteiger charge is -2.18. The van der Waals surface area contributed by atoms with E-state index in [1.807, 2.05) is 0 Å². The van der Waals surface area contributed by atoms with Crippen molar-refractivity contribution in [1.29, 1.82) is 0 Å². The summed E-state index contributed by atoms with van der Waals surface area (Å²) < 4.78 is 5.26. The summed E-state index contributed by atoms with van der Waals surface area (Å²) in [5, 5.41) is 20.2. The Hall–Kier alpha value is -1.14. The number of carboxylic acid groups (broad SMARTS) is 1. The summed E-state index contributed by atoms with van der Waals surface area (Å²) in [5.74, 6) is -1.64. The van der Waals surface area contributed by atoms with Crippen molar-refractivity contribution in [1.82, 2.24) is 5.32 Å². The van der Waals surface area contributed by atoms with Crippen LogP contribution in [0.2, 0.25) is 0 Å². The van der Waals surface area contributed by atoms with Crippen LogP contribution >= 0.6 is 0 Å². The third-order valence-electron chi connectivity index (χ3n) is 2.50. The zero-order valence-electron chi connectivity index (χ0n) is 9.18. The van der Waals surface area contributed by atoms with E-state index in [4.69, 9.17) is 14.9 Å². The van der Waals surface area contributed by atoms with E-state index in [-0.39, 0.29) is 12.5 Å². The van der Waals surface area contributed by atoms with Crippen LogP contribution in [0.1, 0.15) is 26.2 Å². The van der Waals surface area contributed by atoms with Crippen molar-refractivity contribution in [3.05, 3.63) is 0 Å². The van der Waals surface area contributed by atoms with Gasteiger partial charge in [0.2, 0.25) is 5.91 Å². The number of carboxylic acids is 1. The van der Waals surface area contributed by atoms with Gasteiger partial charge in [-0.05, 0) is 19.8 Å². The van der Waals surface area contributed by atoms with Crippen LogP contribution in [-0.2, 0) is 14.3 Å². The maximum Gasteiger partial charge on any atom is 0.328 e. The van der Waals surface area contributed by atoms with Gasteiger partial charge in [0, 0.05) is 6.61 Å². The largest absolute Gasteiger partial charge is 0.480 e. The van der Waals surface area contributed by atoms with Gasteiger partial charge in [-0.25, -0.2) is 4.79 Å². The molecule has 1 heterocycles. The van der Waals surface area contributed by atoms with E-state index in [2.05, 4.69) is 5.32 Å². The Morgan fingerprint density at radius 1 is 1.56 bits per heavy atom. The van der Waals surface area contributed by atoms with Crippen LogP contribution in [0.4, 0.5) is 0 Å². The van der Waals surface area contributed by atoms with Crippen LogP contribution in [0.15, 0.2) is 0 Å². The molecule has 3 N–H and O–H groups in total. The Labute approximate surface area is 93.6 Å². The molecule has 3 atom stereocenters. The van der Waals surface area contributed by atoms with Crippen molar-refractivity contribution in [2.45, 2.75) is 44.4 Å². The lowest BCUT2D eigenvalue weighted by Crippen LogP contribution is -2.48. The third kappa shape index (κ3) is 3.79. The number of aliphatic hydroxyl groups is 1. The van der Waals surface area contributed by atoms with Crippen LogP contribution in [0.5, 0.6) is 0 Å². The molecule has 1 amide bonds. The minimum Gasteiger partial charge on any atom is -0.480 e. The fourth-order valence-corrected chi connectivity index (χ4v) is 1.63. The van der Waals surface area contributed by atoms with E-state index < -0.39 is 24.0 Å². The Balaban J connectivity index is 2.38. The van der Waals surface area contributed by atoms with Gasteiger partial charge in [-0.3, -0.25) is 4.79 Å². The summed E-state index contributed by atoms with van der Waals surface area (Å²) in [6, 6.07) is -1.26. The first-order chi connectivity index (χ1) is 7.50. The number of aliphatic carboxylic acids is 1. The number of aliphatic hydroxyl groups excluding tert-OH is 1. The average molecular weight is 231 g/mol. The number of hydrogen-bond acceptors (Lipinski definition) is 4. The highest BCUT2D eigenvalue weighted by Crippen LogP contribution is 2.15. The molecular formula is C10H17NO5. The predicted octanol–water partition coefficient (Wildman–Crippen LogP) is -0.494. The molecule has 0 aromatic heterocycles. The first-order valence-corrected chi connectivity index (χ1v) is 5.32. The highest BCUT2D eigenvalue weighted by molar-refractivity contribution is 5.84. The molecule has 6 heteroatoms. The van der Waals surface area contributed by atoms with Gasteiger partial charge in [-0.2, -0.15) is 0 Å². The molecule has 1 saturated heterocycles. The van der Waals surface area contributed by atoms with Gasteiger partial charge < -0.3 is 20.3 Å². The van der Waals surface area contributed by atoms with Crippen molar-refractivity contribution < 1.29 is 24.5 Å². The van der Waals surface area contributed by atoms with E-state index in [9.17, 15) is 9.59 Å². The molecular weight excluding hydrogens is 214 g/mol. The second kappa shape index (κ2) is 5.81. The third-order valence-corrected chi connectivity index (χ3v) is 2.50. The molecule has 1 aliphatic rings. The fraction of sp³-hybridized carbons (Fsp3) is 0.800. The van der Waals surface area contributed by atoms with Gasteiger partial charge in [0.15, 0.2) is 6.04 Å². The van der Waals surface area contributed by atoms with E-state index in [1.165, 1.54) is 6.92 Å². The summed E-state index contributed by atoms with van der Waals surface area (Å²) in [7, 11) is 0. The second-order valence-corrected chi connectivity index (χ2v) is 3.96. The second-order valence-electron chi connectivity index (χ2n) is 3.96. The van der Waals surface area contributed by atoms with Gasteiger partial charge in [0.25, 0.3) is 0 Å². The highest BCUT2D eigenvalue weighted by atomic mass is 16.5. The first kappa shape index (κ1) is 12.9. The molecule has 1 aliphatic heterocycles. The molecule has 1 rings (SSSR count). The van der Waals surface area contributed by atoms with E-state index in [1.54, 1.807) is 0 Å². The van der Waals surface area contributed by atoms with Gasteiger partial charge in [-0.15, -0.1) is 0 Å². The molecule has 1 unspecified atom stereocenters. The quantitative estimate of drug-likeness (QED) is 0.593. The van der Waals surface area contributed by atoms with E-state index >= 15 is 0 Å². The predicted molar refractivity (Wildman–Crippen MR) is 54.8 cm³/mol. The fourth-order valence-electron chi connectivity index (χ4n) is 1.63. The zero-order valence-corrected chi connectivity index (χ0v) is 9.18. The number of amides is 1. The average Bonchev–Trinajstić information content (AvgIpc) is 2.65. The topological polar surface area (TPSA) is 95.9 Å². The Morgan fingerprint density at radius 2 is 2.25 bits per heavy atom. The standard InChI is InChI=1S/C10H17NO5/c1-6(12)9(10(14)15)11-8(13)5-7-3-2-4-16-7/h6-7,9,12H,2-5H2,1H3,(H,11,13)(H,14,15)/t6-,7?,9+/m1/s1. The monoisotopic (exact) mass is 231 g/mol. The molecule has 0 aliphatic carbocycles. The number of carbonyl (C=O) groups is 2. The smallest absolute Gasteiger partial charge is 0.328 e. The van der Waals surface area contributed by atoms with Gasteiger partial charge in [0.1, 0.15) is 0 Å². The lowest BCUT2D eigenvalue weighted by atomic mass is 10.1. The molecule has 0 saturated carbocycles. The molecule has 0 bridgehead atoms. The van der Waals surface area contributed by atoms with Gasteiger partial charge >= 0.3 is 5.97 Å². The summed E-state index contributed by atoms with van der Waals surface area (Å²) in [4.78, 5) is 22.2. The summed E-state index contributed by atoms with van der Waals surface area (Å²) in [5.41, 5.74) is 0. The maximum absolute atomic E-state index is 11.5. The van der Waals surface area contributed by atoms with Crippen molar-refractivity contribution in [3.8, 4) is 0 Å². The normalized spacial score (nSPS) is 23.8. The Kier molecular flexibility index (Phi) is 4.70. The number of hydrogen-bond donors (Lipinski definition) is 3. The molecule has 0 spiro atoms. The SMILES string of the molecule is C[C@@H](O)[C@H](NC(=O)CC1CCCO1)C(=O)O. The first-order valence-electron chi connectivity index (χ1n) is 5.32. The van der Waals surface area contributed by atoms with Crippen LogP contribution < -0.4 is 5.32 Å². The summed E-state index contributed by atoms with van der Waals surface area (Å²) >= 11 is 0. The van der Waals surface area contributed by atoms with Gasteiger partial charge in [-0.1, -0.05) is 0 Å². The molecule has 0 radical (unpaired) electrons. The molecule has 0 aromatic carbocycles. The molecule has 1 fully saturated rings. The number of carbonyl (C=O) groups excluding carboxylic acids is 1. The number of nitrogens with one attached hydrogen (secondary N) is 1. The van der Waals surface area contributed by atoms with E-state index in [0.29, 0.717) is 6.61 Å². The van der Waals surface area contributed by atoms with Crippen LogP contribution in [0.3, 0.4) is 0 Å². The Morgan fingerprint density at radius 3 is 2.69 bits per heavy atom. The van der Waals surface area contributed by atoms with Crippen molar-refractivity contribution in [2.24, 2.45) is 0 Å². The van der Waals surface area contributed by atoms with Crippen LogP contribution in [0.25, 0.3) is 0 Å². The highest BCUT2D eigenvalue weighted by Gasteiger charge is 2.27. The number of rotatable bonds is 5. The number of ether oxygens (including phenoxy) is 1. The minimum atomic E-state index is -1.26. The molecule has 16 heavy (non-hydrogen) atoms. The maximum atomic E-state index is 11.5. The lowest BCUT2D eigenvalue weighted by molar-refractivity contribution is -0.145. The summed E-state index contributed by atoms with van der Waals surface area (Å²) in [6.07, 6.45) is 0.655. The van der Waals surface area contributed by atoms with Crippen molar-refractivity contribution in [3.63, 3.8) is 0 Å². The molecule has 92 valence electrons. The molecule has 0 aromatic rings. The van der Waals surface area contributed by atoms with Crippen molar-refractivity contribution in [2.75, 3.05) is 6.61 Å². The zero-order chi connectivity index (χ0) is 12.1. The van der Waals surface area contributed by atoms with Crippen LogP contribution in [0, 0.1) is 0 Å². The Bertz CT molecular complexity index is 260. The van der Waals surface area contributed by atoms with Crippen LogP contribution in [-0.4, -0.2) is 46.9 Å². The summed E-state index contributed by atoms with van der Waals surface area (Å²) in [6.45, 7) is 1.97.